The van der Waals surface area contributed by atoms with Gasteiger partial charge in [-0.2, -0.15) is 5.26 Å². The molecule has 1 aliphatic rings. The summed E-state index contributed by atoms with van der Waals surface area (Å²) in [6.45, 7) is 4.50. The molecule has 23 heavy (non-hydrogen) atoms. The van der Waals surface area contributed by atoms with E-state index in [0.29, 0.717) is 34.1 Å². The van der Waals surface area contributed by atoms with E-state index >= 15 is 0 Å². The molecule has 0 saturated heterocycles. The molecule has 6 heteroatoms. The predicted molar refractivity (Wildman–Crippen MR) is 93.5 cm³/mol. The summed E-state index contributed by atoms with van der Waals surface area (Å²) in [6, 6.07) is 8.87. The Morgan fingerprint density at radius 1 is 1.30 bits per heavy atom. The van der Waals surface area contributed by atoms with Crippen LogP contribution in [0.25, 0.3) is 0 Å². The predicted octanol–water partition coefficient (Wildman–Crippen LogP) is 2.49. The molecule has 0 bridgehead atoms. The molecule has 1 aromatic rings. The van der Waals surface area contributed by atoms with Crippen molar-refractivity contribution < 1.29 is 4.79 Å². The Labute approximate surface area is 142 Å². The van der Waals surface area contributed by atoms with Gasteiger partial charge in [-0.1, -0.05) is 32.8 Å². The fraction of sp³-hybridized carbons (Fsp3) is 0.471. The Kier molecular flexibility index (Phi) is 5.94. The summed E-state index contributed by atoms with van der Waals surface area (Å²) < 4.78 is 0. The van der Waals surface area contributed by atoms with Crippen LogP contribution in [0.5, 0.6) is 0 Å². The van der Waals surface area contributed by atoms with Crippen LogP contribution in [0.1, 0.15) is 49.0 Å². The van der Waals surface area contributed by atoms with E-state index in [-0.39, 0.29) is 5.91 Å². The van der Waals surface area contributed by atoms with Crippen molar-refractivity contribution in [2.24, 2.45) is 11.8 Å². The molecule has 0 unspecified atom stereocenters. The summed E-state index contributed by atoms with van der Waals surface area (Å²) in [5.74, 6) is 0.898. The third kappa shape index (κ3) is 4.67. The van der Waals surface area contributed by atoms with Crippen molar-refractivity contribution in [2.45, 2.75) is 39.2 Å². The van der Waals surface area contributed by atoms with Gasteiger partial charge in [0.2, 0.25) is 0 Å². The lowest BCUT2D eigenvalue weighted by atomic mass is 9.78. The number of hydrogen-bond donors (Lipinski definition) is 3. The van der Waals surface area contributed by atoms with Gasteiger partial charge in [-0.05, 0) is 48.7 Å². The Morgan fingerprint density at radius 3 is 2.83 bits per heavy atom. The number of nitriles is 1. The number of nitrogens with zero attached hydrogens (tertiary/aromatic N) is 1. The first-order chi connectivity index (χ1) is 11.0. The standard InChI is InChI=1S/C17H22N4OS/c1-11-5-3-8-15(12(11)2)19-17(23)21-20-16(22)14-7-4-6-13(9-14)10-18/h4,6-7,9,11-12,15H,3,5,8H2,1-2H3,(H,20,22)(H2,19,21,23)/t11-,12+,15+/m0/s1. The van der Waals surface area contributed by atoms with Crippen LogP contribution >= 0.6 is 12.2 Å². The second-order valence-corrected chi connectivity index (χ2v) is 6.53. The highest BCUT2D eigenvalue weighted by atomic mass is 32.1. The highest BCUT2D eigenvalue weighted by Gasteiger charge is 2.27. The van der Waals surface area contributed by atoms with E-state index in [9.17, 15) is 4.79 Å². The number of thiocarbonyl (C=S) groups is 1. The summed E-state index contributed by atoms with van der Waals surface area (Å²) in [4.78, 5) is 12.1. The minimum atomic E-state index is -0.323. The van der Waals surface area contributed by atoms with Gasteiger partial charge in [-0.15, -0.1) is 0 Å². The zero-order chi connectivity index (χ0) is 16.8. The van der Waals surface area contributed by atoms with Crippen LogP contribution in [-0.4, -0.2) is 17.1 Å². The molecule has 1 aliphatic carbocycles. The molecule has 1 saturated carbocycles. The molecule has 0 spiro atoms. The van der Waals surface area contributed by atoms with Gasteiger partial charge in [0, 0.05) is 11.6 Å². The van der Waals surface area contributed by atoms with E-state index in [1.165, 1.54) is 12.8 Å². The first kappa shape index (κ1) is 17.2. The first-order valence-corrected chi connectivity index (χ1v) is 8.29. The molecular formula is C17H22N4OS. The average Bonchev–Trinajstić information content (AvgIpc) is 2.57. The zero-order valence-corrected chi connectivity index (χ0v) is 14.2. The molecule has 3 atom stereocenters. The van der Waals surface area contributed by atoms with E-state index < -0.39 is 0 Å². The molecule has 0 heterocycles. The quantitative estimate of drug-likeness (QED) is 0.574. The lowest BCUT2D eigenvalue weighted by molar-refractivity contribution is 0.0943. The van der Waals surface area contributed by atoms with E-state index in [1.54, 1.807) is 24.3 Å². The fourth-order valence-corrected chi connectivity index (χ4v) is 3.11. The maximum Gasteiger partial charge on any atom is 0.269 e. The smallest absolute Gasteiger partial charge is 0.269 e. The third-order valence-corrected chi connectivity index (χ3v) is 4.79. The van der Waals surface area contributed by atoms with Crippen LogP contribution in [0.2, 0.25) is 0 Å². The molecule has 1 amide bonds. The van der Waals surface area contributed by atoms with Gasteiger partial charge in [0.15, 0.2) is 5.11 Å². The van der Waals surface area contributed by atoms with Gasteiger partial charge in [-0.25, -0.2) is 0 Å². The summed E-state index contributed by atoms with van der Waals surface area (Å²) in [7, 11) is 0. The van der Waals surface area contributed by atoms with E-state index in [2.05, 4.69) is 30.0 Å². The van der Waals surface area contributed by atoms with Crippen molar-refractivity contribution in [2.75, 3.05) is 0 Å². The van der Waals surface area contributed by atoms with Crippen molar-refractivity contribution in [1.82, 2.24) is 16.2 Å². The number of hydrogen-bond acceptors (Lipinski definition) is 3. The van der Waals surface area contributed by atoms with Crippen molar-refractivity contribution in [1.29, 1.82) is 5.26 Å². The number of amides is 1. The van der Waals surface area contributed by atoms with E-state index in [0.717, 1.165) is 6.42 Å². The molecule has 5 nitrogen and oxygen atoms in total. The maximum absolute atomic E-state index is 12.1. The number of rotatable bonds is 2. The van der Waals surface area contributed by atoms with Crippen molar-refractivity contribution in [3.63, 3.8) is 0 Å². The average molecular weight is 330 g/mol. The second-order valence-electron chi connectivity index (χ2n) is 6.12. The monoisotopic (exact) mass is 330 g/mol. The minimum Gasteiger partial charge on any atom is -0.358 e. The Bertz CT molecular complexity index is 625. The second kappa shape index (κ2) is 7.93. The van der Waals surface area contributed by atoms with Gasteiger partial charge in [-0.3, -0.25) is 15.6 Å². The van der Waals surface area contributed by atoms with Gasteiger partial charge >= 0.3 is 0 Å². The van der Waals surface area contributed by atoms with Crippen LogP contribution < -0.4 is 16.2 Å². The zero-order valence-electron chi connectivity index (χ0n) is 13.4. The van der Waals surface area contributed by atoms with Crippen LogP contribution in [0, 0.1) is 23.2 Å². The summed E-state index contributed by atoms with van der Waals surface area (Å²) >= 11 is 5.25. The van der Waals surface area contributed by atoms with Gasteiger partial charge < -0.3 is 5.32 Å². The number of benzene rings is 1. The van der Waals surface area contributed by atoms with Crippen LogP contribution in [0.15, 0.2) is 24.3 Å². The minimum absolute atomic E-state index is 0.323. The normalized spacial score (nSPS) is 23.4. The van der Waals surface area contributed by atoms with Gasteiger partial charge in [0.1, 0.15) is 0 Å². The number of nitrogens with one attached hydrogen (secondary N) is 3. The highest BCUT2D eigenvalue weighted by molar-refractivity contribution is 7.80. The Balaban J connectivity index is 1.84. The Morgan fingerprint density at radius 2 is 2.09 bits per heavy atom. The molecule has 0 aliphatic heterocycles. The molecule has 1 fully saturated rings. The van der Waals surface area contributed by atoms with Gasteiger partial charge in [0.25, 0.3) is 5.91 Å². The van der Waals surface area contributed by atoms with E-state index in [4.69, 9.17) is 17.5 Å². The van der Waals surface area contributed by atoms with Crippen LogP contribution in [0.3, 0.4) is 0 Å². The van der Waals surface area contributed by atoms with Gasteiger partial charge in [0.05, 0.1) is 11.6 Å². The summed E-state index contributed by atoms with van der Waals surface area (Å²) in [6.07, 6.45) is 3.54. The van der Waals surface area contributed by atoms with Crippen molar-refractivity contribution in [3.8, 4) is 6.07 Å². The lowest BCUT2D eigenvalue weighted by Gasteiger charge is -2.35. The molecule has 3 N–H and O–H groups in total. The number of carbonyl (C=O) groups excluding carboxylic acids is 1. The highest BCUT2D eigenvalue weighted by Crippen LogP contribution is 2.29. The topological polar surface area (TPSA) is 76.9 Å². The number of hydrazine groups is 1. The fourth-order valence-electron chi connectivity index (χ4n) is 2.91. The third-order valence-electron chi connectivity index (χ3n) is 4.57. The SMILES string of the molecule is C[C@@H]1[C@@H](C)CCC[C@H]1NC(=S)NNC(=O)c1cccc(C#N)c1. The number of carbonyl (C=O) groups is 1. The Hall–Kier alpha value is -2.13. The van der Waals surface area contributed by atoms with Crippen molar-refractivity contribution >= 4 is 23.2 Å². The maximum atomic E-state index is 12.1. The molecule has 0 radical (unpaired) electrons. The van der Waals surface area contributed by atoms with Crippen molar-refractivity contribution in [3.05, 3.63) is 35.4 Å². The molecule has 1 aromatic carbocycles. The van der Waals surface area contributed by atoms with Crippen LogP contribution in [-0.2, 0) is 0 Å². The molecule has 122 valence electrons. The molecule has 2 rings (SSSR count). The largest absolute Gasteiger partial charge is 0.358 e. The van der Waals surface area contributed by atoms with Crippen LogP contribution in [0.4, 0.5) is 0 Å². The molecule has 0 aromatic heterocycles. The van der Waals surface area contributed by atoms with E-state index in [1.807, 2.05) is 6.07 Å². The summed E-state index contributed by atoms with van der Waals surface area (Å²) in [5.41, 5.74) is 6.17. The molecular weight excluding hydrogens is 308 g/mol. The lowest BCUT2D eigenvalue weighted by Crippen LogP contribution is -2.52. The summed E-state index contributed by atoms with van der Waals surface area (Å²) in [5, 5.41) is 12.6. The first-order valence-electron chi connectivity index (χ1n) is 7.88.